The molecule has 0 saturated heterocycles. The average Bonchev–Trinajstić information content (AvgIpc) is 2.61. The minimum atomic E-state index is 0.285. The molecule has 1 aromatic heterocycles. The standard InChI is InChI=1S/C15H20ClN3/c1-10-7-5-6-8-13(10)11(2)17-9-14-15(16)12(3)18-19(14)4/h5-8,11,17H,9H2,1-4H3/t11-/m1/s1. The van der Waals surface area contributed by atoms with Crippen LogP contribution in [0.1, 0.15) is 35.5 Å². The van der Waals surface area contributed by atoms with Gasteiger partial charge in [-0.05, 0) is 31.9 Å². The monoisotopic (exact) mass is 277 g/mol. The molecule has 2 aromatic rings. The third-order valence-electron chi connectivity index (χ3n) is 3.49. The molecule has 0 amide bonds. The first kappa shape index (κ1) is 14.1. The summed E-state index contributed by atoms with van der Waals surface area (Å²) in [5, 5.41) is 8.59. The van der Waals surface area contributed by atoms with Crippen molar-refractivity contribution in [3.63, 3.8) is 0 Å². The molecule has 1 aromatic carbocycles. The number of hydrogen-bond acceptors (Lipinski definition) is 2. The first-order chi connectivity index (χ1) is 9.00. The Kier molecular flexibility index (Phi) is 4.27. The zero-order valence-corrected chi connectivity index (χ0v) is 12.6. The SMILES string of the molecule is Cc1ccccc1[C@@H](C)NCc1c(Cl)c(C)nn1C. The second kappa shape index (κ2) is 5.76. The Morgan fingerprint density at radius 2 is 2.00 bits per heavy atom. The summed E-state index contributed by atoms with van der Waals surface area (Å²) >= 11 is 6.25. The van der Waals surface area contributed by atoms with Crippen molar-refractivity contribution in [3.8, 4) is 0 Å². The highest BCUT2D eigenvalue weighted by molar-refractivity contribution is 6.31. The van der Waals surface area contributed by atoms with Crippen LogP contribution in [0, 0.1) is 13.8 Å². The molecule has 0 fully saturated rings. The van der Waals surface area contributed by atoms with E-state index in [1.54, 1.807) is 0 Å². The van der Waals surface area contributed by atoms with E-state index >= 15 is 0 Å². The Morgan fingerprint density at radius 3 is 2.58 bits per heavy atom. The van der Waals surface area contributed by atoms with E-state index in [1.807, 2.05) is 18.7 Å². The van der Waals surface area contributed by atoms with Gasteiger partial charge >= 0.3 is 0 Å². The van der Waals surface area contributed by atoms with Gasteiger partial charge < -0.3 is 5.32 Å². The molecule has 19 heavy (non-hydrogen) atoms. The fourth-order valence-corrected chi connectivity index (χ4v) is 2.53. The van der Waals surface area contributed by atoms with E-state index in [4.69, 9.17) is 11.6 Å². The van der Waals surface area contributed by atoms with E-state index in [2.05, 4.69) is 48.5 Å². The number of aromatic nitrogens is 2. The van der Waals surface area contributed by atoms with Crippen LogP contribution in [0.2, 0.25) is 5.02 Å². The van der Waals surface area contributed by atoms with E-state index in [0.717, 1.165) is 16.4 Å². The number of hydrogen-bond donors (Lipinski definition) is 1. The molecule has 1 heterocycles. The molecule has 0 unspecified atom stereocenters. The van der Waals surface area contributed by atoms with Gasteiger partial charge in [0.1, 0.15) is 0 Å². The van der Waals surface area contributed by atoms with Crippen LogP contribution < -0.4 is 5.32 Å². The van der Waals surface area contributed by atoms with E-state index in [0.29, 0.717) is 6.54 Å². The van der Waals surface area contributed by atoms with Gasteiger partial charge in [-0.1, -0.05) is 35.9 Å². The molecule has 0 radical (unpaired) electrons. The molecule has 0 aliphatic rings. The van der Waals surface area contributed by atoms with E-state index in [1.165, 1.54) is 11.1 Å². The van der Waals surface area contributed by atoms with Crippen LogP contribution in [-0.2, 0) is 13.6 Å². The second-order valence-corrected chi connectivity index (χ2v) is 5.31. The topological polar surface area (TPSA) is 29.9 Å². The summed E-state index contributed by atoms with van der Waals surface area (Å²) in [7, 11) is 1.92. The van der Waals surface area contributed by atoms with Gasteiger partial charge in [-0.2, -0.15) is 5.10 Å². The van der Waals surface area contributed by atoms with Gasteiger partial charge in [0.15, 0.2) is 0 Å². The van der Waals surface area contributed by atoms with Crippen LogP contribution in [0.4, 0.5) is 0 Å². The molecular weight excluding hydrogens is 258 g/mol. The maximum absolute atomic E-state index is 6.25. The van der Waals surface area contributed by atoms with Crippen LogP contribution in [-0.4, -0.2) is 9.78 Å². The highest BCUT2D eigenvalue weighted by Crippen LogP contribution is 2.21. The third kappa shape index (κ3) is 2.99. The van der Waals surface area contributed by atoms with Gasteiger partial charge in [0, 0.05) is 19.6 Å². The van der Waals surface area contributed by atoms with Gasteiger partial charge in [-0.15, -0.1) is 0 Å². The van der Waals surface area contributed by atoms with Gasteiger partial charge in [0.05, 0.1) is 16.4 Å². The lowest BCUT2D eigenvalue weighted by atomic mass is 10.0. The first-order valence-corrected chi connectivity index (χ1v) is 6.85. The van der Waals surface area contributed by atoms with Crippen LogP contribution >= 0.6 is 11.6 Å². The molecule has 1 atom stereocenters. The van der Waals surface area contributed by atoms with E-state index in [-0.39, 0.29) is 6.04 Å². The van der Waals surface area contributed by atoms with Gasteiger partial charge in [-0.3, -0.25) is 4.68 Å². The van der Waals surface area contributed by atoms with Crippen LogP contribution in [0.3, 0.4) is 0 Å². The number of aryl methyl sites for hydroxylation is 3. The Balaban J connectivity index is 2.09. The Morgan fingerprint density at radius 1 is 1.32 bits per heavy atom. The number of nitrogens with one attached hydrogen (secondary N) is 1. The molecule has 1 N–H and O–H groups in total. The molecule has 102 valence electrons. The predicted octanol–water partition coefficient (Wildman–Crippen LogP) is 3.54. The summed E-state index contributed by atoms with van der Waals surface area (Å²) in [4.78, 5) is 0. The molecule has 2 rings (SSSR count). The van der Waals surface area contributed by atoms with Crippen molar-refractivity contribution in [2.24, 2.45) is 7.05 Å². The lowest BCUT2D eigenvalue weighted by Gasteiger charge is -2.16. The first-order valence-electron chi connectivity index (χ1n) is 6.47. The van der Waals surface area contributed by atoms with Crippen molar-refractivity contribution in [3.05, 3.63) is 51.8 Å². The maximum atomic E-state index is 6.25. The van der Waals surface area contributed by atoms with E-state index < -0.39 is 0 Å². The molecule has 0 aliphatic carbocycles. The fourth-order valence-electron chi connectivity index (χ4n) is 2.30. The molecule has 0 saturated carbocycles. The van der Waals surface area contributed by atoms with Crippen molar-refractivity contribution in [1.82, 2.24) is 15.1 Å². The van der Waals surface area contributed by atoms with Crippen molar-refractivity contribution >= 4 is 11.6 Å². The third-order valence-corrected chi connectivity index (χ3v) is 3.98. The van der Waals surface area contributed by atoms with Crippen LogP contribution in [0.5, 0.6) is 0 Å². The number of nitrogens with zero attached hydrogens (tertiary/aromatic N) is 2. The van der Waals surface area contributed by atoms with Crippen molar-refractivity contribution < 1.29 is 0 Å². The summed E-state index contributed by atoms with van der Waals surface area (Å²) in [5.74, 6) is 0. The number of halogens is 1. The van der Waals surface area contributed by atoms with Crippen LogP contribution in [0.25, 0.3) is 0 Å². The minimum Gasteiger partial charge on any atom is -0.305 e. The van der Waals surface area contributed by atoms with E-state index in [9.17, 15) is 0 Å². The smallest absolute Gasteiger partial charge is 0.0860 e. The van der Waals surface area contributed by atoms with Gasteiger partial charge in [-0.25, -0.2) is 0 Å². The van der Waals surface area contributed by atoms with Gasteiger partial charge in [0.2, 0.25) is 0 Å². The van der Waals surface area contributed by atoms with Crippen molar-refractivity contribution in [2.75, 3.05) is 0 Å². The molecule has 3 nitrogen and oxygen atoms in total. The molecule has 0 spiro atoms. The Bertz CT molecular complexity index is 575. The minimum absolute atomic E-state index is 0.285. The lowest BCUT2D eigenvalue weighted by molar-refractivity contribution is 0.546. The van der Waals surface area contributed by atoms with Crippen molar-refractivity contribution in [1.29, 1.82) is 0 Å². The normalized spacial score (nSPS) is 12.7. The lowest BCUT2D eigenvalue weighted by Crippen LogP contribution is -2.20. The summed E-state index contributed by atoms with van der Waals surface area (Å²) in [6.45, 7) is 6.94. The molecule has 0 bridgehead atoms. The Hall–Kier alpha value is -1.32. The van der Waals surface area contributed by atoms with Crippen molar-refractivity contribution in [2.45, 2.75) is 33.4 Å². The highest BCUT2D eigenvalue weighted by atomic mass is 35.5. The average molecular weight is 278 g/mol. The molecular formula is C15H20ClN3. The molecule has 0 aliphatic heterocycles. The maximum Gasteiger partial charge on any atom is 0.0860 e. The largest absolute Gasteiger partial charge is 0.305 e. The fraction of sp³-hybridized carbons (Fsp3) is 0.400. The summed E-state index contributed by atoms with van der Waals surface area (Å²) < 4.78 is 1.84. The molecule has 4 heteroatoms. The second-order valence-electron chi connectivity index (χ2n) is 4.93. The highest BCUT2D eigenvalue weighted by Gasteiger charge is 2.13. The number of rotatable bonds is 4. The predicted molar refractivity (Wildman–Crippen MR) is 79.4 cm³/mol. The quantitative estimate of drug-likeness (QED) is 0.926. The zero-order chi connectivity index (χ0) is 14.0. The summed E-state index contributed by atoms with van der Waals surface area (Å²) in [6, 6.07) is 8.71. The summed E-state index contributed by atoms with van der Waals surface area (Å²) in [6.07, 6.45) is 0. The number of benzene rings is 1. The van der Waals surface area contributed by atoms with Gasteiger partial charge in [0.25, 0.3) is 0 Å². The summed E-state index contributed by atoms with van der Waals surface area (Å²) in [5.41, 5.74) is 4.52. The zero-order valence-electron chi connectivity index (χ0n) is 11.9. The van der Waals surface area contributed by atoms with Crippen LogP contribution in [0.15, 0.2) is 24.3 Å². The Labute approximate surface area is 119 Å².